The molecule has 0 spiro atoms. The maximum absolute atomic E-state index is 3.93. The zero-order valence-corrected chi connectivity index (χ0v) is 6.52. The first kappa shape index (κ1) is 7.18. The van der Waals surface area contributed by atoms with Gasteiger partial charge in [0.2, 0.25) is 0 Å². The van der Waals surface area contributed by atoms with Crippen molar-refractivity contribution in [3.05, 3.63) is 6.33 Å². The quantitative estimate of drug-likeness (QED) is 0.612. The molecular weight excluding hydrogens is 128 g/mol. The summed E-state index contributed by atoms with van der Waals surface area (Å²) in [5.41, 5.74) is 0. The second kappa shape index (κ2) is 2.77. The third-order valence-corrected chi connectivity index (χ3v) is 1.69. The van der Waals surface area contributed by atoms with Crippen LogP contribution in [0.15, 0.2) is 6.33 Å². The average Bonchev–Trinajstić information content (AvgIpc) is 2.36. The van der Waals surface area contributed by atoms with Crippen LogP contribution in [0.25, 0.3) is 0 Å². The summed E-state index contributed by atoms with van der Waals surface area (Å²) in [4.78, 5) is 1.63. The van der Waals surface area contributed by atoms with Crippen molar-refractivity contribution < 1.29 is 0 Å². The molecule has 1 aromatic rings. The maximum Gasteiger partial charge on any atom is 0.162 e. The van der Waals surface area contributed by atoms with Gasteiger partial charge in [-0.2, -0.15) is 4.80 Å². The van der Waals surface area contributed by atoms with Crippen molar-refractivity contribution in [2.75, 3.05) is 0 Å². The number of aromatic nitrogens is 4. The predicted octanol–water partition coefficient (Wildman–Crippen LogP) is 0.890. The van der Waals surface area contributed by atoms with Crippen LogP contribution in [-0.4, -0.2) is 20.2 Å². The van der Waals surface area contributed by atoms with Gasteiger partial charge in [-0.25, -0.2) is 0 Å². The van der Waals surface area contributed by atoms with Crippen molar-refractivity contribution in [2.24, 2.45) is 5.92 Å². The summed E-state index contributed by atoms with van der Waals surface area (Å²) in [6.07, 6.45) is 1.46. The summed E-state index contributed by atoms with van der Waals surface area (Å²) in [6, 6.07) is 0.336. The smallest absolute Gasteiger partial charge is 0.161 e. The van der Waals surface area contributed by atoms with Crippen molar-refractivity contribution in [1.82, 2.24) is 20.2 Å². The van der Waals surface area contributed by atoms with Crippen LogP contribution in [0.5, 0.6) is 0 Å². The molecule has 0 bridgehead atoms. The highest BCUT2D eigenvalue weighted by atomic mass is 15.6. The Morgan fingerprint density at radius 1 is 1.30 bits per heavy atom. The van der Waals surface area contributed by atoms with Gasteiger partial charge in [-0.3, -0.25) is 0 Å². The molecule has 4 nitrogen and oxygen atoms in total. The van der Waals surface area contributed by atoms with Crippen LogP contribution in [-0.2, 0) is 0 Å². The summed E-state index contributed by atoms with van der Waals surface area (Å²) in [7, 11) is 0. The Balaban J connectivity index is 2.68. The third-order valence-electron chi connectivity index (χ3n) is 1.69. The Hall–Kier alpha value is -0.930. The highest BCUT2D eigenvalue weighted by Gasteiger charge is 2.09. The van der Waals surface area contributed by atoms with Crippen LogP contribution in [0, 0.1) is 5.92 Å². The first-order valence-electron chi connectivity index (χ1n) is 3.44. The standard InChI is InChI=1S/C6H12N4/c1-5(2)6(3)10-8-4-7-9-10/h4-6H,1-3H3. The van der Waals surface area contributed by atoms with Crippen LogP contribution in [0.3, 0.4) is 0 Å². The lowest BCUT2D eigenvalue weighted by Gasteiger charge is -2.12. The summed E-state index contributed by atoms with van der Waals surface area (Å²) in [5, 5.41) is 11.4. The van der Waals surface area contributed by atoms with Crippen molar-refractivity contribution in [2.45, 2.75) is 26.8 Å². The van der Waals surface area contributed by atoms with Crippen LogP contribution in [0.4, 0.5) is 0 Å². The molecule has 0 aliphatic rings. The molecule has 1 aromatic heterocycles. The molecule has 0 saturated carbocycles. The van der Waals surface area contributed by atoms with Crippen LogP contribution >= 0.6 is 0 Å². The van der Waals surface area contributed by atoms with E-state index in [0.717, 1.165) is 0 Å². The first-order chi connectivity index (χ1) is 4.72. The van der Waals surface area contributed by atoms with Gasteiger partial charge in [-0.05, 0) is 18.1 Å². The van der Waals surface area contributed by atoms with E-state index >= 15 is 0 Å². The summed E-state index contributed by atoms with van der Waals surface area (Å²) in [5.74, 6) is 0.550. The van der Waals surface area contributed by atoms with E-state index in [1.807, 2.05) is 0 Å². The molecule has 0 saturated heterocycles. The zero-order valence-electron chi connectivity index (χ0n) is 6.52. The predicted molar refractivity (Wildman–Crippen MR) is 37.4 cm³/mol. The van der Waals surface area contributed by atoms with Crippen molar-refractivity contribution in [3.8, 4) is 0 Å². The Morgan fingerprint density at radius 2 is 2.00 bits per heavy atom. The van der Waals surface area contributed by atoms with Gasteiger partial charge in [0, 0.05) is 0 Å². The van der Waals surface area contributed by atoms with Gasteiger partial charge in [0.15, 0.2) is 6.33 Å². The summed E-state index contributed by atoms with van der Waals surface area (Å²) in [6.45, 7) is 6.34. The third kappa shape index (κ3) is 1.32. The number of rotatable bonds is 2. The summed E-state index contributed by atoms with van der Waals surface area (Å²) < 4.78 is 0. The van der Waals surface area contributed by atoms with Crippen molar-refractivity contribution in [3.63, 3.8) is 0 Å². The lowest BCUT2D eigenvalue weighted by Crippen LogP contribution is -2.14. The summed E-state index contributed by atoms with van der Waals surface area (Å²) >= 11 is 0. The molecule has 10 heavy (non-hydrogen) atoms. The Morgan fingerprint density at radius 3 is 2.40 bits per heavy atom. The largest absolute Gasteiger partial charge is 0.162 e. The molecule has 56 valence electrons. The molecule has 0 aliphatic carbocycles. The monoisotopic (exact) mass is 140 g/mol. The van der Waals surface area contributed by atoms with E-state index in [0.29, 0.717) is 12.0 Å². The second-order valence-electron chi connectivity index (χ2n) is 2.74. The molecule has 1 unspecified atom stereocenters. The second-order valence-corrected chi connectivity index (χ2v) is 2.74. The molecule has 0 fully saturated rings. The molecule has 4 heteroatoms. The van der Waals surface area contributed by atoms with Gasteiger partial charge in [0.25, 0.3) is 0 Å². The number of hydrogen-bond donors (Lipinski definition) is 0. The topological polar surface area (TPSA) is 43.6 Å². The van der Waals surface area contributed by atoms with Crippen molar-refractivity contribution in [1.29, 1.82) is 0 Å². The van der Waals surface area contributed by atoms with Crippen LogP contribution < -0.4 is 0 Å². The van der Waals surface area contributed by atoms with E-state index in [-0.39, 0.29) is 0 Å². The lowest BCUT2D eigenvalue weighted by molar-refractivity contribution is 0.333. The van der Waals surface area contributed by atoms with E-state index in [4.69, 9.17) is 0 Å². The molecule has 0 N–H and O–H groups in total. The van der Waals surface area contributed by atoms with Crippen LogP contribution in [0.1, 0.15) is 26.8 Å². The Kier molecular flexibility index (Phi) is 1.99. The molecule has 0 aromatic carbocycles. The Labute approximate surface area is 60.2 Å². The molecule has 1 atom stereocenters. The average molecular weight is 140 g/mol. The first-order valence-corrected chi connectivity index (χ1v) is 3.44. The van der Waals surface area contributed by atoms with E-state index in [1.54, 1.807) is 4.80 Å². The van der Waals surface area contributed by atoms with Gasteiger partial charge in [-0.15, -0.1) is 10.2 Å². The highest BCUT2D eigenvalue weighted by molar-refractivity contribution is 4.58. The van der Waals surface area contributed by atoms with Gasteiger partial charge in [-0.1, -0.05) is 13.8 Å². The fourth-order valence-electron chi connectivity index (χ4n) is 0.628. The van der Waals surface area contributed by atoms with Gasteiger partial charge < -0.3 is 0 Å². The maximum atomic E-state index is 3.93. The van der Waals surface area contributed by atoms with E-state index < -0.39 is 0 Å². The minimum atomic E-state index is 0.336. The Bertz CT molecular complexity index is 180. The number of tetrazole rings is 1. The van der Waals surface area contributed by atoms with Gasteiger partial charge in [0.05, 0.1) is 6.04 Å². The zero-order chi connectivity index (χ0) is 7.56. The van der Waals surface area contributed by atoms with E-state index in [1.165, 1.54) is 6.33 Å². The fourth-order valence-corrected chi connectivity index (χ4v) is 0.628. The van der Waals surface area contributed by atoms with Crippen LogP contribution in [0.2, 0.25) is 0 Å². The molecule has 0 amide bonds. The van der Waals surface area contributed by atoms with Gasteiger partial charge in [0.1, 0.15) is 0 Å². The minimum absolute atomic E-state index is 0.336. The van der Waals surface area contributed by atoms with E-state index in [9.17, 15) is 0 Å². The molecule has 1 heterocycles. The molecule has 1 rings (SSSR count). The van der Waals surface area contributed by atoms with Gasteiger partial charge >= 0.3 is 0 Å². The highest BCUT2D eigenvalue weighted by Crippen LogP contribution is 2.12. The molecule has 0 radical (unpaired) electrons. The fraction of sp³-hybridized carbons (Fsp3) is 0.833. The van der Waals surface area contributed by atoms with Crippen molar-refractivity contribution >= 4 is 0 Å². The van der Waals surface area contributed by atoms with E-state index in [2.05, 4.69) is 36.2 Å². The minimum Gasteiger partial charge on any atom is -0.161 e. The number of nitrogens with zero attached hydrogens (tertiary/aromatic N) is 4. The normalized spacial score (nSPS) is 14.0. The SMILES string of the molecule is CC(C)C(C)n1ncnn1. The lowest BCUT2D eigenvalue weighted by atomic mass is 10.1. The number of hydrogen-bond acceptors (Lipinski definition) is 3. The molecule has 0 aliphatic heterocycles. The molecular formula is C6H12N4.